The quantitative estimate of drug-likeness (QED) is 0.746. The largest absolute Gasteiger partial charge is 0.350 e. The van der Waals surface area contributed by atoms with Gasteiger partial charge in [0.05, 0.1) is 0 Å². The Hall–Kier alpha value is -0.830. The first-order valence-corrected chi connectivity index (χ1v) is 6.78. The van der Waals surface area contributed by atoms with E-state index >= 15 is 0 Å². The Labute approximate surface area is 105 Å². The van der Waals surface area contributed by atoms with E-state index in [9.17, 15) is 4.79 Å². The molecule has 0 atom stereocenters. The smallest absolute Gasteiger partial charge is 0.246 e. The lowest BCUT2D eigenvalue weighted by Crippen LogP contribution is -2.44. The molecule has 0 saturated heterocycles. The van der Waals surface area contributed by atoms with E-state index in [1.165, 1.54) is 12.8 Å². The van der Waals surface area contributed by atoms with Crippen molar-refractivity contribution in [2.75, 3.05) is 13.1 Å². The SMILES string of the molecule is C=C(C)C(=O)NC1CCC(N(CC)CC)CC1. The lowest BCUT2D eigenvalue weighted by molar-refractivity contribution is -0.118. The molecule has 1 N–H and O–H groups in total. The summed E-state index contributed by atoms with van der Waals surface area (Å²) in [7, 11) is 0. The third kappa shape index (κ3) is 4.15. The highest BCUT2D eigenvalue weighted by atomic mass is 16.1. The fourth-order valence-corrected chi connectivity index (χ4v) is 2.63. The number of nitrogens with zero attached hydrogens (tertiary/aromatic N) is 1. The predicted octanol–water partition coefficient (Wildman–Crippen LogP) is 2.33. The first kappa shape index (κ1) is 14.2. The summed E-state index contributed by atoms with van der Waals surface area (Å²) in [5.74, 6) is 0.0105. The number of amides is 1. The molecular weight excluding hydrogens is 212 g/mol. The van der Waals surface area contributed by atoms with Crippen molar-refractivity contribution in [3.8, 4) is 0 Å². The van der Waals surface area contributed by atoms with Gasteiger partial charge in [0, 0.05) is 17.7 Å². The highest BCUT2D eigenvalue weighted by molar-refractivity contribution is 5.92. The second-order valence-corrected chi connectivity index (χ2v) is 4.98. The minimum Gasteiger partial charge on any atom is -0.350 e. The summed E-state index contributed by atoms with van der Waals surface area (Å²) in [6.45, 7) is 12.1. The first-order valence-electron chi connectivity index (χ1n) is 6.78. The summed E-state index contributed by atoms with van der Waals surface area (Å²) in [6.07, 6.45) is 4.59. The van der Waals surface area contributed by atoms with Crippen LogP contribution in [0.2, 0.25) is 0 Å². The maximum atomic E-state index is 11.5. The minimum atomic E-state index is 0.0105. The van der Waals surface area contributed by atoms with Gasteiger partial charge in [-0.05, 0) is 45.7 Å². The van der Waals surface area contributed by atoms with Crippen LogP contribution in [0.1, 0.15) is 46.5 Å². The molecule has 0 aliphatic heterocycles. The number of carbonyl (C=O) groups is 1. The molecule has 1 fully saturated rings. The number of hydrogen-bond acceptors (Lipinski definition) is 2. The van der Waals surface area contributed by atoms with Crippen LogP contribution in [-0.4, -0.2) is 36.0 Å². The van der Waals surface area contributed by atoms with Gasteiger partial charge >= 0.3 is 0 Å². The van der Waals surface area contributed by atoms with Gasteiger partial charge in [0.2, 0.25) is 5.91 Å². The van der Waals surface area contributed by atoms with Crippen molar-refractivity contribution in [2.24, 2.45) is 0 Å². The Morgan fingerprint density at radius 3 is 2.18 bits per heavy atom. The van der Waals surface area contributed by atoms with Crippen LogP contribution < -0.4 is 5.32 Å². The van der Waals surface area contributed by atoms with Crippen molar-refractivity contribution in [3.05, 3.63) is 12.2 Å². The highest BCUT2D eigenvalue weighted by Gasteiger charge is 2.25. The van der Waals surface area contributed by atoms with E-state index < -0.39 is 0 Å². The number of rotatable bonds is 5. The zero-order valence-electron chi connectivity index (χ0n) is 11.5. The van der Waals surface area contributed by atoms with Gasteiger partial charge in [-0.3, -0.25) is 4.79 Å². The van der Waals surface area contributed by atoms with E-state index in [1.54, 1.807) is 6.92 Å². The van der Waals surface area contributed by atoms with Crippen molar-refractivity contribution < 1.29 is 4.79 Å². The Morgan fingerprint density at radius 2 is 1.76 bits per heavy atom. The molecule has 1 rings (SSSR count). The molecule has 1 saturated carbocycles. The van der Waals surface area contributed by atoms with Gasteiger partial charge in [-0.2, -0.15) is 0 Å². The van der Waals surface area contributed by atoms with Crippen LogP contribution in [0.3, 0.4) is 0 Å². The predicted molar refractivity (Wildman–Crippen MR) is 71.9 cm³/mol. The van der Waals surface area contributed by atoms with Crippen LogP contribution >= 0.6 is 0 Å². The molecule has 1 aliphatic rings. The molecule has 0 spiro atoms. The van der Waals surface area contributed by atoms with Crippen LogP contribution in [-0.2, 0) is 4.79 Å². The van der Waals surface area contributed by atoms with Gasteiger partial charge in [0.15, 0.2) is 0 Å². The number of nitrogens with one attached hydrogen (secondary N) is 1. The monoisotopic (exact) mass is 238 g/mol. The Bertz CT molecular complexity index is 263. The Morgan fingerprint density at radius 1 is 1.24 bits per heavy atom. The third-order valence-corrected chi connectivity index (χ3v) is 3.75. The molecule has 0 radical (unpaired) electrons. The van der Waals surface area contributed by atoms with Crippen LogP contribution in [0.4, 0.5) is 0 Å². The lowest BCUT2D eigenvalue weighted by atomic mass is 9.90. The Balaban J connectivity index is 2.35. The molecule has 17 heavy (non-hydrogen) atoms. The van der Waals surface area contributed by atoms with Gasteiger partial charge in [-0.15, -0.1) is 0 Å². The molecule has 0 bridgehead atoms. The van der Waals surface area contributed by atoms with Crippen molar-refractivity contribution in [3.63, 3.8) is 0 Å². The molecule has 0 aromatic heterocycles. The van der Waals surface area contributed by atoms with Gasteiger partial charge < -0.3 is 10.2 Å². The molecule has 0 unspecified atom stereocenters. The van der Waals surface area contributed by atoms with Gasteiger partial charge in [0.1, 0.15) is 0 Å². The van der Waals surface area contributed by atoms with E-state index in [0.717, 1.165) is 25.9 Å². The van der Waals surface area contributed by atoms with E-state index in [4.69, 9.17) is 0 Å². The average Bonchev–Trinajstić information content (AvgIpc) is 2.32. The second kappa shape index (κ2) is 6.80. The standard InChI is InChI=1S/C14H26N2O/c1-5-16(6-2)13-9-7-12(8-10-13)15-14(17)11(3)4/h12-13H,3,5-10H2,1-2,4H3,(H,15,17). The van der Waals surface area contributed by atoms with E-state index in [1.807, 2.05) is 0 Å². The molecule has 1 amide bonds. The molecule has 1 aliphatic carbocycles. The number of hydrogen-bond donors (Lipinski definition) is 1. The summed E-state index contributed by atoms with van der Waals surface area (Å²) in [5.41, 5.74) is 0.607. The average molecular weight is 238 g/mol. The second-order valence-electron chi connectivity index (χ2n) is 4.98. The summed E-state index contributed by atoms with van der Waals surface area (Å²) in [4.78, 5) is 14.0. The fraction of sp³-hybridized carbons (Fsp3) is 0.786. The van der Waals surface area contributed by atoms with Gasteiger partial charge in [-0.1, -0.05) is 20.4 Å². The molecule has 3 nitrogen and oxygen atoms in total. The maximum absolute atomic E-state index is 11.5. The van der Waals surface area contributed by atoms with E-state index in [-0.39, 0.29) is 5.91 Å². The molecule has 0 aromatic carbocycles. The van der Waals surface area contributed by atoms with Crippen LogP contribution in [0.5, 0.6) is 0 Å². The molecule has 0 aromatic rings. The normalized spacial score (nSPS) is 24.7. The van der Waals surface area contributed by atoms with Crippen LogP contribution in [0.25, 0.3) is 0 Å². The lowest BCUT2D eigenvalue weighted by Gasteiger charge is -2.36. The summed E-state index contributed by atoms with van der Waals surface area (Å²) in [5, 5.41) is 3.06. The topological polar surface area (TPSA) is 32.3 Å². The van der Waals surface area contributed by atoms with Gasteiger partial charge in [-0.25, -0.2) is 0 Å². The summed E-state index contributed by atoms with van der Waals surface area (Å²) >= 11 is 0. The zero-order chi connectivity index (χ0) is 12.8. The minimum absolute atomic E-state index is 0.0105. The molecule has 98 valence electrons. The van der Waals surface area contributed by atoms with Crippen molar-refractivity contribution in [1.82, 2.24) is 10.2 Å². The van der Waals surface area contributed by atoms with Crippen molar-refractivity contribution >= 4 is 5.91 Å². The van der Waals surface area contributed by atoms with Crippen molar-refractivity contribution in [2.45, 2.75) is 58.5 Å². The summed E-state index contributed by atoms with van der Waals surface area (Å²) < 4.78 is 0. The molecule has 0 heterocycles. The van der Waals surface area contributed by atoms with Crippen LogP contribution in [0.15, 0.2) is 12.2 Å². The van der Waals surface area contributed by atoms with Crippen molar-refractivity contribution in [1.29, 1.82) is 0 Å². The third-order valence-electron chi connectivity index (χ3n) is 3.75. The van der Waals surface area contributed by atoms with Crippen LogP contribution in [0, 0.1) is 0 Å². The fourth-order valence-electron chi connectivity index (χ4n) is 2.63. The van der Waals surface area contributed by atoms with E-state index in [2.05, 4.69) is 30.6 Å². The number of carbonyl (C=O) groups excluding carboxylic acids is 1. The maximum Gasteiger partial charge on any atom is 0.246 e. The first-order chi connectivity index (χ1) is 8.08. The van der Waals surface area contributed by atoms with E-state index in [0.29, 0.717) is 17.7 Å². The zero-order valence-corrected chi connectivity index (χ0v) is 11.5. The van der Waals surface area contributed by atoms with Gasteiger partial charge in [0.25, 0.3) is 0 Å². The Kier molecular flexibility index (Phi) is 5.69. The summed E-state index contributed by atoms with van der Waals surface area (Å²) in [6, 6.07) is 1.06. The molecular formula is C14H26N2O. The molecule has 3 heteroatoms. The highest BCUT2D eigenvalue weighted by Crippen LogP contribution is 2.23.